The average Bonchev–Trinajstić information content (AvgIpc) is 2.86. The number of aliphatic hydroxyl groups excluding tert-OH is 7. The molecule has 0 aromatic heterocycles. The van der Waals surface area contributed by atoms with Gasteiger partial charge in [0, 0.05) is 0 Å². The zero-order valence-corrected chi connectivity index (χ0v) is 22.4. The Hall–Kier alpha value is 0.119. The van der Waals surface area contributed by atoms with Crippen LogP contribution in [0.15, 0.2) is 0 Å². The summed E-state index contributed by atoms with van der Waals surface area (Å²) < 4.78 is 16.8. The average molecular weight is 574 g/mol. The monoisotopic (exact) mass is 574 g/mol. The molecule has 10 nitrogen and oxygen atoms in total. The molecule has 11 heteroatoms. The van der Waals surface area contributed by atoms with Crippen LogP contribution in [0, 0.1) is 0 Å². The van der Waals surface area contributed by atoms with Crippen molar-refractivity contribution in [3.63, 3.8) is 0 Å². The maximum absolute atomic E-state index is 10.7. The number of ether oxygens (including phenoxy) is 3. The van der Waals surface area contributed by atoms with Crippen LogP contribution in [0.25, 0.3) is 0 Å². The number of rotatable bonds is 16. The topological polar surface area (TPSA) is 169 Å². The molecule has 2 heterocycles. The number of unbranched alkanes of at least 4 members (excludes halogenated alkanes) is 9. The Balaban J connectivity index is 1.74. The molecule has 0 aromatic carbocycles. The first-order valence-electron chi connectivity index (χ1n) is 13.1. The second kappa shape index (κ2) is 16.9. The Morgan fingerprint density at radius 3 is 1.77 bits per heavy atom. The third-order valence-corrected chi connectivity index (χ3v) is 9.35. The molecule has 0 bridgehead atoms. The van der Waals surface area contributed by atoms with E-state index in [1.54, 1.807) is 0 Å². The van der Waals surface area contributed by atoms with E-state index in [9.17, 15) is 35.7 Å². The Morgan fingerprint density at radius 1 is 0.629 bits per heavy atom. The van der Waals surface area contributed by atoms with Gasteiger partial charge in [-0.1, -0.05) is 0 Å². The first-order valence-corrected chi connectivity index (χ1v) is 15.3. The molecule has 0 saturated carbocycles. The third-order valence-electron chi connectivity index (χ3n) is 6.74. The van der Waals surface area contributed by atoms with Gasteiger partial charge < -0.3 is 0 Å². The summed E-state index contributed by atoms with van der Waals surface area (Å²) >= 11 is -0.109. The molecule has 208 valence electrons. The molecule has 2 aliphatic rings. The molecule has 35 heavy (non-hydrogen) atoms. The van der Waals surface area contributed by atoms with Crippen LogP contribution in [0.1, 0.15) is 71.1 Å². The summed E-state index contributed by atoms with van der Waals surface area (Å²) in [7, 11) is 0. The van der Waals surface area contributed by atoms with Crippen LogP contribution in [-0.2, 0) is 14.2 Å². The molecule has 0 aromatic rings. The van der Waals surface area contributed by atoms with Crippen molar-refractivity contribution in [2.75, 3.05) is 13.2 Å². The third kappa shape index (κ3) is 9.42. The Morgan fingerprint density at radius 2 is 1.20 bits per heavy atom. The van der Waals surface area contributed by atoms with E-state index in [2.05, 4.69) is 6.92 Å². The molecule has 2 rings (SSSR count). The number of aliphatic hydroxyl groups is 7. The minimum absolute atomic E-state index is 0.109. The van der Waals surface area contributed by atoms with Crippen LogP contribution in [0.5, 0.6) is 0 Å². The first-order chi connectivity index (χ1) is 16.8. The van der Waals surface area contributed by atoms with Crippen LogP contribution in [0.2, 0.25) is 5.32 Å². The van der Waals surface area contributed by atoms with Crippen LogP contribution >= 0.6 is 0 Å². The second-order valence-corrected chi connectivity index (χ2v) is 12.1. The maximum atomic E-state index is 10.7. The van der Waals surface area contributed by atoms with E-state index < -0.39 is 73.3 Å². The van der Waals surface area contributed by atoms with Gasteiger partial charge in [-0.3, -0.25) is 0 Å². The SMILES string of the molecule is CCCCCCCCCCCC[Se][C@@H]1O[C@H](CO)[C@@H](O[C@H]2O[C@H](CO)[C@@H](O)[C@H](O)[C@H]2O)[C@H](O)[C@H]1O. The molecular weight excluding hydrogens is 527 g/mol. The summed E-state index contributed by atoms with van der Waals surface area (Å²) in [5.74, 6) is 0. The molecule has 0 unspecified atom stereocenters. The standard InChI is InChI=1S/C24H46O10Se/c1-2-3-4-5-6-7-8-9-10-11-12-35-24-21(31)19(29)22(16(14-26)33-24)34-23-20(30)18(28)17(27)15(13-25)32-23/h15-31H,2-14H2,1H3/t15-,16-,17-,18+,19-,20-,21-,22-,23-,24+/m1/s1. The molecule has 2 aliphatic heterocycles. The van der Waals surface area contributed by atoms with Crippen molar-refractivity contribution in [1.29, 1.82) is 0 Å². The van der Waals surface area contributed by atoms with E-state index in [0.717, 1.165) is 18.2 Å². The number of hydrogen-bond acceptors (Lipinski definition) is 10. The van der Waals surface area contributed by atoms with Gasteiger partial charge in [-0.15, -0.1) is 0 Å². The summed E-state index contributed by atoms with van der Waals surface area (Å²) in [5.41, 5.74) is 0. The van der Waals surface area contributed by atoms with E-state index in [4.69, 9.17) is 14.2 Å². The van der Waals surface area contributed by atoms with Crippen molar-refractivity contribution in [3.8, 4) is 0 Å². The van der Waals surface area contributed by atoms with Crippen molar-refractivity contribution in [2.45, 2.75) is 137 Å². The summed E-state index contributed by atoms with van der Waals surface area (Å²) in [4.78, 5) is 0. The van der Waals surface area contributed by atoms with Crippen LogP contribution < -0.4 is 0 Å². The predicted octanol–water partition coefficient (Wildman–Crippen LogP) is -0.346. The molecule has 2 saturated heterocycles. The molecule has 0 aliphatic carbocycles. The zero-order valence-electron chi connectivity index (χ0n) is 20.7. The fraction of sp³-hybridized carbons (Fsp3) is 1.00. The van der Waals surface area contributed by atoms with E-state index in [1.165, 1.54) is 51.4 Å². The van der Waals surface area contributed by atoms with E-state index in [-0.39, 0.29) is 15.0 Å². The van der Waals surface area contributed by atoms with Gasteiger partial charge in [0.05, 0.1) is 0 Å². The van der Waals surface area contributed by atoms with Crippen LogP contribution in [0.3, 0.4) is 0 Å². The summed E-state index contributed by atoms with van der Waals surface area (Å²) in [6, 6.07) is 0. The Kier molecular flexibility index (Phi) is 15.1. The van der Waals surface area contributed by atoms with Gasteiger partial charge in [0.1, 0.15) is 0 Å². The summed E-state index contributed by atoms with van der Waals surface area (Å²) in [5, 5.41) is 70.8. The van der Waals surface area contributed by atoms with E-state index in [0.29, 0.717) is 0 Å². The Bertz CT molecular complexity index is 554. The number of hydrogen-bond donors (Lipinski definition) is 7. The molecular formula is C24H46O10Se. The van der Waals surface area contributed by atoms with Gasteiger partial charge in [-0.05, 0) is 0 Å². The minimum atomic E-state index is -1.66. The second-order valence-electron chi connectivity index (χ2n) is 9.56. The normalized spacial score (nSPS) is 38.1. The van der Waals surface area contributed by atoms with Crippen LogP contribution in [0.4, 0.5) is 0 Å². The molecule has 0 amide bonds. The molecule has 0 radical (unpaired) electrons. The fourth-order valence-corrected chi connectivity index (χ4v) is 6.96. The first kappa shape index (κ1) is 31.3. The van der Waals surface area contributed by atoms with Crippen molar-refractivity contribution in [3.05, 3.63) is 0 Å². The van der Waals surface area contributed by atoms with Crippen molar-refractivity contribution >= 4 is 15.0 Å². The van der Waals surface area contributed by atoms with Crippen LogP contribution in [-0.4, -0.2) is 124 Å². The van der Waals surface area contributed by atoms with Crippen molar-refractivity contribution in [2.24, 2.45) is 0 Å². The van der Waals surface area contributed by atoms with Gasteiger partial charge in [0.2, 0.25) is 0 Å². The van der Waals surface area contributed by atoms with Gasteiger partial charge >= 0.3 is 215 Å². The van der Waals surface area contributed by atoms with Gasteiger partial charge in [0.25, 0.3) is 0 Å². The quantitative estimate of drug-likeness (QED) is 0.0958. The van der Waals surface area contributed by atoms with Crippen molar-refractivity contribution < 1.29 is 50.0 Å². The van der Waals surface area contributed by atoms with Gasteiger partial charge in [0.15, 0.2) is 0 Å². The zero-order chi connectivity index (χ0) is 25.8. The van der Waals surface area contributed by atoms with Crippen molar-refractivity contribution in [1.82, 2.24) is 0 Å². The summed E-state index contributed by atoms with van der Waals surface area (Å²) in [6.45, 7) is 1.11. The molecule has 10 atom stereocenters. The molecule has 7 N–H and O–H groups in total. The van der Waals surface area contributed by atoms with Gasteiger partial charge in [-0.25, -0.2) is 0 Å². The fourth-order valence-electron chi connectivity index (χ4n) is 4.48. The Labute approximate surface area is 214 Å². The molecule has 2 fully saturated rings. The van der Waals surface area contributed by atoms with E-state index in [1.807, 2.05) is 0 Å². The predicted molar refractivity (Wildman–Crippen MR) is 129 cm³/mol. The van der Waals surface area contributed by atoms with E-state index >= 15 is 0 Å². The molecule has 0 spiro atoms. The summed E-state index contributed by atoms with van der Waals surface area (Å²) in [6.07, 6.45) is 0.0340. The van der Waals surface area contributed by atoms with Gasteiger partial charge in [-0.2, -0.15) is 0 Å².